The summed E-state index contributed by atoms with van der Waals surface area (Å²) in [5.41, 5.74) is 6.14. The van der Waals surface area contributed by atoms with Gasteiger partial charge in [0.25, 0.3) is 0 Å². The third kappa shape index (κ3) is 1.96. The van der Waals surface area contributed by atoms with Crippen molar-refractivity contribution in [3.63, 3.8) is 0 Å². The van der Waals surface area contributed by atoms with Crippen molar-refractivity contribution >= 4 is 17.6 Å². The summed E-state index contributed by atoms with van der Waals surface area (Å²) in [6.45, 7) is 0.198. The molecule has 0 amide bonds. The highest BCUT2D eigenvalue weighted by molar-refractivity contribution is 6.34. The molecule has 1 heterocycles. The van der Waals surface area contributed by atoms with Gasteiger partial charge < -0.3 is 10.5 Å². The van der Waals surface area contributed by atoms with Crippen molar-refractivity contribution in [2.24, 2.45) is 5.73 Å². The van der Waals surface area contributed by atoms with Crippen LogP contribution in [0.3, 0.4) is 0 Å². The summed E-state index contributed by atoms with van der Waals surface area (Å²) in [6.07, 6.45) is 1.47. The minimum Gasteiger partial charge on any atom is -0.465 e. The van der Waals surface area contributed by atoms with Gasteiger partial charge in [0.05, 0.1) is 23.4 Å². The number of nitrogens with zero attached hydrogens (tertiary/aromatic N) is 1. The summed E-state index contributed by atoms with van der Waals surface area (Å²) in [5.74, 6) is -0.484. The van der Waals surface area contributed by atoms with Gasteiger partial charge in [0, 0.05) is 12.7 Å². The van der Waals surface area contributed by atoms with E-state index in [0.29, 0.717) is 11.3 Å². The molecule has 0 aliphatic rings. The van der Waals surface area contributed by atoms with E-state index in [0.717, 1.165) is 0 Å². The molecule has 0 saturated carbocycles. The van der Waals surface area contributed by atoms with Gasteiger partial charge in [-0.2, -0.15) is 0 Å². The number of esters is 1. The normalized spacial score (nSPS) is 9.77. The first-order valence-corrected chi connectivity index (χ1v) is 4.00. The van der Waals surface area contributed by atoms with Gasteiger partial charge in [-0.25, -0.2) is 4.79 Å². The third-order valence-corrected chi connectivity index (χ3v) is 1.98. The zero-order chi connectivity index (χ0) is 9.84. The standard InChI is InChI=1S/C8H9ClN2O2/c1-13-8(12)5-2-3-11-6(4-10)7(5)9/h2-3H,4,10H2,1H3. The van der Waals surface area contributed by atoms with Crippen LogP contribution < -0.4 is 5.73 Å². The Morgan fingerprint density at radius 3 is 3.00 bits per heavy atom. The van der Waals surface area contributed by atoms with Gasteiger partial charge in [-0.05, 0) is 6.07 Å². The van der Waals surface area contributed by atoms with Crippen molar-refractivity contribution in [2.45, 2.75) is 6.54 Å². The molecule has 0 radical (unpaired) electrons. The van der Waals surface area contributed by atoms with Crippen LogP contribution in [0, 0.1) is 0 Å². The fourth-order valence-electron chi connectivity index (χ4n) is 0.897. The second kappa shape index (κ2) is 4.20. The number of nitrogens with two attached hydrogens (primary N) is 1. The van der Waals surface area contributed by atoms with Crippen LogP contribution >= 0.6 is 11.6 Å². The first kappa shape index (κ1) is 9.95. The summed E-state index contributed by atoms with van der Waals surface area (Å²) >= 11 is 5.84. The maximum atomic E-state index is 11.1. The first-order valence-electron chi connectivity index (χ1n) is 3.62. The highest BCUT2D eigenvalue weighted by Crippen LogP contribution is 2.19. The molecule has 0 unspecified atom stereocenters. The Morgan fingerprint density at radius 2 is 2.46 bits per heavy atom. The Bertz CT molecular complexity index is 328. The molecule has 0 saturated heterocycles. The Labute approximate surface area is 80.7 Å². The molecule has 1 aromatic rings. The predicted octanol–water partition coefficient (Wildman–Crippen LogP) is 0.980. The van der Waals surface area contributed by atoms with Crippen molar-refractivity contribution in [2.75, 3.05) is 7.11 Å². The molecule has 1 rings (SSSR count). The molecule has 0 fully saturated rings. The summed E-state index contributed by atoms with van der Waals surface area (Å²) in [7, 11) is 1.29. The summed E-state index contributed by atoms with van der Waals surface area (Å²) in [4.78, 5) is 15.0. The Balaban J connectivity index is 3.15. The minimum atomic E-state index is -0.484. The lowest BCUT2D eigenvalue weighted by Crippen LogP contribution is -2.07. The lowest BCUT2D eigenvalue weighted by Gasteiger charge is -2.04. The highest BCUT2D eigenvalue weighted by atomic mass is 35.5. The van der Waals surface area contributed by atoms with Crippen molar-refractivity contribution in [3.05, 3.63) is 28.5 Å². The molecule has 0 bridgehead atoms. The van der Waals surface area contributed by atoms with Crippen molar-refractivity contribution < 1.29 is 9.53 Å². The number of pyridine rings is 1. The van der Waals surface area contributed by atoms with Gasteiger partial charge in [-0.15, -0.1) is 0 Å². The van der Waals surface area contributed by atoms with E-state index in [1.54, 1.807) is 0 Å². The minimum absolute atomic E-state index is 0.198. The number of hydrogen-bond acceptors (Lipinski definition) is 4. The molecule has 13 heavy (non-hydrogen) atoms. The van der Waals surface area contributed by atoms with Crippen LogP contribution in [0.1, 0.15) is 16.1 Å². The van der Waals surface area contributed by atoms with E-state index in [4.69, 9.17) is 17.3 Å². The molecule has 2 N–H and O–H groups in total. The van der Waals surface area contributed by atoms with Gasteiger partial charge in [-0.3, -0.25) is 4.98 Å². The summed E-state index contributed by atoms with van der Waals surface area (Å²) in [6, 6.07) is 1.49. The van der Waals surface area contributed by atoms with E-state index in [2.05, 4.69) is 9.72 Å². The lowest BCUT2D eigenvalue weighted by atomic mass is 10.2. The van der Waals surface area contributed by atoms with E-state index in [-0.39, 0.29) is 11.6 Å². The second-order valence-corrected chi connectivity index (χ2v) is 2.69. The highest BCUT2D eigenvalue weighted by Gasteiger charge is 2.13. The SMILES string of the molecule is COC(=O)c1ccnc(CN)c1Cl. The fraction of sp³-hybridized carbons (Fsp3) is 0.250. The summed E-state index contributed by atoms with van der Waals surface area (Å²) < 4.78 is 4.52. The lowest BCUT2D eigenvalue weighted by molar-refractivity contribution is 0.0600. The maximum absolute atomic E-state index is 11.1. The van der Waals surface area contributed by atoms with Gasteiger partial charge in [0.2, 0.25) is 0 Å². The van der Waals surface area contributed by atoms with Crippen molar-refractivity contribution in [3.8, 4) is 0 Å². The average molecular weight is 201 g/mol. The van der Waals surface area contributed by atoms with E-state index < -0.39 is 5.97 Å². The predicted molar refractivity (Wildman–Crippen MR) is 48.5 cm³/mol. The topological polar surface area (TPSA) is 65.2 Å². The zero-order valence-electron chi connectivity index (χ0n) is 7.08. The monoisotopic (exact) mass is 200 g/mol. The quantitative estimate of drug-likeness (QED) is 0.723. The van der Waals surface area contributed by atoms with E-state index in [1.807, 2.05) is 0 Å². The third-order valence-electron chi connectivity index (χ3n) is 1.56. The average Bonchev–Trinajstić information content (AvgIpc) is 2.17. The fourth-order valence-corrected chi connectivity index (χ4v) is 1.16. The largest absolute Gasteiger partial charge is 0.465 e. The molecule has 0 aromatic carbocycles. The number of carbonyl (C=O) groups excluding carboxylic acids is 1. The number of carbonyl (C=O) groups is 1. The molecule has 1 aromatic heterocycles. The van der Waals surface area contributed by atoms with Gasteiger partial charge in [0.15, 0.2) is 0 Å². The molecule has 5 heteroatoms. The van der Waals surface area contributed by atoms with Crippen molar-refractivity contribution in [1.29, 1.82) is 0 Å². The van der Waals surface area contributed by atoms with Crippen molar-refractivity contribution in [1.82, 2.24) is 4.98 Å². The Hall–Kier alpha value is -1.13. The Kier molecular flexibility index (Phi) is 3.22. The smallest absolute Gasteiger partial charge is 0.339 e. The molecule has 0 atom stereocenters. The number of aromatic nitrogens is 1. The number of halogens is 1. The molecular formula is C8H9ClN2O2. The van der Waals surface area contributed by atoms with E-state index in [1.165, 1.54) is 19.4 Å². The zero-order valence-corrected chi connectivity index (χ0v) is 7.84. The van der Waals surface area contributed by atoms with Crippen LogP contribution in [0.2, 0.25) is 5.02 Å². The van der Waals surface area contributed by atoms with Crippen LogP contribution in [0.5, 0.6) is 0 Å². The van der Waals surface area contributed by atoms with Crippen LogP contribution in [0.15, 0.2) is 12.3 Å². The second-order valence-electron chi connectivity index (χ2n) is 2.31. The van der Waals surface area contributed by atoms with E-state index >= 15 is 0 Å². The van der Waals surface area contributed by atoms with Crippen LogP contribution in [-0.2, 0) is 11.3 Å². The molecule has 0 spiro atoms. The Morgan fingerprint density at radius 1 is 1.77 bits per heavy atom. The van der Waals surface area contributed by atoms with E-state index in [9.17, 15) is 4.79 Å². The van der Waals surface area contributed by atoms with Gasteiger partial charge in [-0.1, -0.05) is 11.6 Å². The van der Waals surface area contributed by atoms with Crippen LogP contribution in [0.25, 0.3) is 0 Å². The van der Waals surface area contributed by atoms with Gasteiger partial charge in [0.1, 0.15) is 0 Å². The van der Waals surface area contributed by atoms with Crippen LogP contribution in [-0.4, -0.2) is 18.1 Å². The van der Waals surface area contributed by atoms with Gasteiger partial charge >= 0.3 is 5.97 Å². The first-order chi connectivity index (χ1) is 6.20. The van der Waals surface area contributed by atoms with Crippen LogP contribution in [0.4, 0.5) is 0 Å². The molecule has 70 valence electrons. The maximum Gasteiger partial charge on any atom is 0.339 e. The number of ether oxygens (including phenoxy) is 1. The molecule has 0 aliphatic heterocycles. The summed E-state index contributed by atoms with van der Waals surface area (Å²) in [5, 5.41) is 0.261. The number of rotatable bonds is 2. The molecule has 0 aliphatic carbocycles. The molecular weight excluding hydrogens is 192 g/mol. The number of hydrogen-bond donors (Lipinski definition) is 1. The number of methoxy groups -OCH3 is 1. The molecule has 4 nitrogen and oxygen atoms in total.